The summed E-state index contributed by atoms with van der Waals surface area (Å²) in [7, 11) is 0. The highest BCUT2D eigenvalue weighted by atomic mass is 19.3. The molecule has 1 fully saturated rings. The van der Waals surface area contributed by atoms with Gasteiger partial charge in [0, 0.05) is 12.1 Å². The minimum Gasteiger partial charge on any atom is -0.327 e. The van der Waals surface area contributed by atoms with E-state index >= 15 is 0 Å². The van der Waals surface area contributed by atoms with Gasteiger partial charge in [0.2, 0.25) is 0 Å². The molecule has 1 atom stereocenters. The molecule has 1 aliphatic heterocycles. The normalized spacial score (nSPS) is 23.4. The van der Waals surface area contributed by atoms with Gasteiger partial charge >= 0.3 is 5.92 Å². The van der Waals surface area contributed by atoms with E-state index in [1.165, 1.54) is 13.0 Å². The fourth-order valence-corrected chi connectivity index (χ4v) is 2.61. The highest BCUT2D eigenvalue weighted by Crippen LogP contribution is 2.34. The van der Waals surface area contributed by atoms with Crippen molar-refractivity contribution in [2.45, 2.75) is 44.6 Å². The Balaban J connectivity index is 2.20. The lowest BCUT2D eigenvalue weighted by Crippen LogP contribution is -2.48. The Hall–Kier alpha value is -1.52. The molecule has 0 bridgehead atoms. The molecule has 0 aromatic rings. The molecule has 19 heavy (non-hydrogen) atoms. The second-order valence-corrected chi connectivity index (χ2v) is 5.00. The number of halogens is 2. The van der Waals surface area contributed by atoms with E-state index in [0.29, 0.717) is 19.3 Å². The molecule has 3 nitrogen and oxygen atoms in total. The summed E-state index contributed by atoms with van der Waals surface area (Å²) in [6.45, 7) is 1.58. The molecular weight excluding hydrogens is 252 g/mol. The number of likely N-dealkylation sites (tertiary alicyclic amines) is 1. The van der Waals surface area contributed by atoms with Crippen LogP contribution in [0.3, 0.4) is 0 Å². The van der Waals surface area contributed by atoms with Crippen LogP contribution in [-0.2, 0) is 9.59 Å². The quantitative estimate of drug-likeness (QED) is 0.789. The highest BCUT2D eigenvalue weighted by Gasteiger charge is 2.48. The first kappa shape index (κ1) is 13.9. The molecule has 5 heteroatoms. The number of carbonyl (C=O) groups excluding carboxylic acids is 2. The van der Waals surface area contributed by atoms with Crippen LogP contribution in [0.4, 0.5) is 8.78 Å². The van der Waals surface area contributed by atoms with Gasteiger partial charge in [-0.25, -0.2) is 0 Å². The average molecular weight is 269 g/mol. The third-order valence-corrected chi connectivity index (χ3v) is 3.67. The molecule has 104 valence electrons. The summed E-state index contributed by atoms with van der Waals surface area (Å²) < 4.78 is 28.4. The van der Waals surface area contributed by atoms with E-state index in [1.807, 2.05) is 0 Å². The van der Waals surface area contributed by atoms with Crippen molar-refractivity contribution in [3.05, 3.63) is 23.8 Å². The standard InChI is InChI=1S/C14H17F2NO2/c1-10(18)12-8-5-9-17(12)13(19)14(15,16)11-6-3-2-4-7-11/h2-3,6,12H,4-5,7-9H2,1H3/t12-/m0/s1. The van der Waals surface area contributed by atoms with E-state index < -0.39 is 17.9 Å². The molecule has 0 aromatic heterocycles. The number of hydrogen-bond donors (Lipinski definition) is 0. The van der Waals surface area contributed by atoms with Gasteiger partial charge in [0.25, 0.3) is 5.91 Å². The lowest BCUT2D eigenvalue weighted by molar-refractivity contribution is -0.155. The van der Waals surface area contributed by atoms with Crippen LogP contribution in [0.15, 0.2) is 23.8 Å². The molecule has 1 amide bonds. The lowest BCUT2D eigenvalue weighted by atomic mass is 9.97. The summed E-state index contributed by atoms with van der Waals surface area (Å²) in [5.74, 6) is -4.95. The Morgan fingerprint density at radius 1 is 1.42 bits per heavy atom. The Morgan fingerprint density at radius 3 is 2.74 bits per heavy atom. The first-order valence-corrected chi connectivity index (χ1v) is 6.50. The largest absolute Gasteiger partial charge is 0.346 e. The molecule has 0 N–H and O–H groups in total. The molecule has 0 saturated carbocycles. The lowest BCUT2D eigenvalue weighted by Gasteiger charge is -2.28. The maximum absolute atomic E-state index is 14.2. The molecule has 1 saturated heterocycles. The SMILES string of the molecule is CC(=O)[C@@H]1CCCN1C(=O)C(F)(F)C1=CC=CCC1. The zero-order valence-electron chi connectivity index (χ0n) is 10.9. The number of nitrogens with zero attached hydrogens (tertiary/aromatic N) is 1. The third-order valence-electron chi connectivity index (χ3n) is 3.67. The molecule has 0 spiro atoms. The van der Waals surface area contributed by atoms with Gasteiger partial charge in [0.05, 0.1) is 6.04 Å². The number of rotatable bonds is 3. The van der Waals surface area contributed by atoms with Gasteiger partial charge in [-0.2, -0.15) is 8.78 Å². The van der Waals surface area contributed by atoms with Crippen LogP contribution in [0, 0.1) is 0 Å². The summed E-state index contributed by atoms with van der Waals surface area (Å²) in [5, 5.41) is 0. The van der Waals surface area contributed by atoms with Crippen LogP contribution in [0.2, 0.25) is 0 Å². The number of alkyl halides is 2. The number of amides is 1. The summed E-state index contributed by atoms with van der Waals surface area (Å²) >= 11 is 0. The first-order valence-electron chi connectivity index (χ1n) is 6.50. The minimum atomic E-state index is -3.50. The Labute approximate surface area is 111 Å². The summed E-state index contributed by atoms with van der Waals surface area (Å²) in [6.07, 6.45) is 6.44. The van der Waals surface area contributed by atoms with Gasteiger partial charge in [-0.15, -0.1) is 0 Å². The first-order chi connectivity index (χ1) is 8.94. The van der Waals surface area contributed by atoms with Gasteiger partial charge in [0.1, 0.15) is 0 Å². The van der Waals surface area contributed by atoms with Crippen LogP contribution in [0.25, 0.3) is 0 Å². The van der Waals surface area contributed by atoms with Crippen LogP contribution in [0.5, 0.6) is 0 Å². The summed E-state index contributed by atoms with van der Waals surface area (Å²) in [6, 6.07) is -0.682. The van der Waals surface area contributed by atoms with E-state index in [0.717, 1.165) is 4.90 Å². The predicted molar refractivity (Wildman–Crippen MR) is 66.8 cm³/mol. The Bertz CT molecular complexity index is 454. The summed E-state index contributed by atoms with van der Waals surface area (Å²) in [4.78, 5) is 24.5. The van der Waals surface area contributed by atoms with Crippen molar-refractivity contribution in [1.82, 2.24) is 4.90 Å². The number of carbonyl (C=O) groups is 2. The van der Waals surface area contributed by atoms with Crippen molar-refractivity contribution >= 4 is 11.7 Å². The zero-order valence-corrected chi connectivity index (χ0v) is 10.9. The van der Waals surface area contributed by atoms with E-state index in [-0.39, 0.29) is 24.3 Å². The van der Waals surface area contributed by atoms with Gasteiger partial charge in [-0.1, -0.05) is 18.2 Å². The zero-order chi connectivity index (χ0) is 14.0. The second-order valence-electron chi connectivity index (χ2n) is 5.00. The van der Waals surface area contributed by atoms with Gasteiger partial charge in [-0.05, 0) is 32.6 Å². The monoisotopic (exact) mass is 269 g/mol. The summed E-state index contributed by atoms with van der Waals surface area (Å²) in [5.41, 5.74) is -0.158. The number of hydrogen-bond acceptors (Lipinski definition) is 2. The average Bonchev–Trinajstić information content (AvgIpc) is 2.88. The molecule has 1 aliphatic carbocycles. The Morgan fingerprint density at radius 2 is 2.16 bits per heavy atom. The van der Waals surface area contributed by atoms with E-state index in [1.54, 1.807) is 12.2 Å². The fourth-order valence-electron chi connectivity index (χ4n) is 2.61. The van der Waals surface area contributed by atoms with Crippen molar-refractivity contribution in [2.24, 2.45) is 0 Å². The van der Waals surface area contributed by atoms with E-state index in [9.17, 15) is 18.4 Å². The maximum Gasteiger partial charge on any atom is 0.346 e. The minimum absolute atomic E-state index is 0.158. The molecule has 0 radical (unpaired) electrons. The molecule has 2 aliphatic rings. The van der Waals surface area contributed by atoms with Crippen molar-refractivity contribution in [2.75, 3.05) is 6.54 Å². The van der Waals surface area contributed by atoms with Crippen molar-refractivity contribution in [3.63, 3.8) is 0 Å². The molecule has 1 heterocycles. The molecular formula is C14H17F2NO2. The third kappa shape index (κ3) is 2.60. The Kier molecular flexibility index (Phi) is 3.83. The number of allylic oxidation sites excluding steroid dienone is 3. The fraction of sp³-hybridized carbons (Fsp3) is 0.571. The highest BCUT2D eigenvalue weighted by molar-refractivity contribution is 5.92. The maximum atomic E-state index is 14.2. The van der Waals surface area contributed by atoms with Crippen molar-refractivity contribution in [3.8, 4) is 0 Å². The van der Waals surface area contributed by atoms with Crippen LogP contribution in [0.1, 0.15) is 32.6 Å². The van der Waals surface area contributed by atoms with Crippen molar-refractivity contribution in [1.29, 1.82) is 0 Å². The van der Waals surface area contributed by atoms with Gasteiger partial charge < -0.3 is 4.90 Å². The molecule has 0 unspecified atom stereocenters. The topological polar surface area (TPSA) is 37.4 Å². The van der Waals surface area contributed by atoms with E-state index in [4.69, 9.17) is 0 Å². The number of ketones is 1. The van der Waals surface area contributed by atoms with E-state index in [2.05, 4.69) is 0 Å². The van der Waals surface area contributed by atoms with Crippen LogP contribution >= 0.6 is 0 Å². The van der Waals surface area contributed by atoms with Crippen molar-refractivity contribution < 1.29 is 18.4 Å². The van der Waals surface area contributed by atoms with Gasteiger partial charge in [-0.3, -0.25) is 9.59 Å². The van der Waals surface area contributed by atoms with Gasteiger partial charge in [0.15, 0.2) is 5.78 Å². The number of Topliss-reactive ketones (excluding diaryl/α,β-unsaturated/α-hetero) is 1. The smallest absolute Gasteiger partial charge is 0.327 e. The van der Waals surface area contributed by atoms with Crippen LogP contribution in [-0.4, -0.2) is 35.1 Å². The molecule has 0 aromatic carbocycles. The second kappa shape index (κ2) is 5.23. The van der Waals surface area contributed by atoms with Crippen LogP contribution < -0.4 is 0 Å². The molecule has 2 rings (SSSR count). The predicted octanol–water partition coefficient (Wildman–Crippen LogP) is 2.48.